The molecule has 0 aliphatic heterocycles. The van der Waals surface area contributed by atoms with E-state index in [1.165, 1.54) is 20.4 Å². The zero-order chi connectivity index (χ0) is 18.4. The summed E-state index contributed by atoms with van der Waals surface area (Å²) >= 11 is 2.19. The van der Waals surface area contributed by atoms with Gasteiger partial charge in [0.25, 0.3) is 12.2 Å². The number of carbonyl (C=O) groups excluding carboxylic acids is 1. The highest BCUT2D eigenvalue weighted by molar-refractivity contribution is 14.1. The van der Waals surface area contributed by atoms with E-state index in [9.17, 15) is 4.79 Å². The van der Waals surface area contributed by atoms with Gasteiger partial charge in [-0.1, -0.05) is 5.16 Å². The molecule has 25 heavy (non-hydrogen) atoms. The maximum atomic E-state index is 12.4. The Labute approximate surface area is 159 Å². The van der Waals surface area contributed by atoms with Crippen LogP contribution >= 0.6 is 22.6 Å². The van der Waals surface area contributed by atoms with Crippen LogP contribution in [0.1, 0.15) is 13.8 Å². The molecule has 7 nitrogen and oxygen atoms in total. The van der Waals surface area contributed by atoms with Gasteiger partial charge >= 0.3 is 0 Å². The molecule has 1 aromatic carbocycles. The molecule has 1 atom stereocenters. The summed E-state index contributed by atoms with van der Waals surface area (Å²) in [5, 5.41) is 7.38. The van der Waals surface area contributed by atoms with Gasteiger partial charge in [-0.3, -0.25) is 9.78 Å². The van der Waals surface area contributed by atoms with Gasteiger partial charge in [-0.05, 0) is 60.7 Å². The number of nitrogens with zero attached hydrogens (tertiary/aromatic N) is 2. The summed E-state index contributed by atoms with van der Waals surface area (Å²) in [6.07, 6.45) is 2.18. The van der Waals surface area contributed by atoms with Gasteiger partial charge in [0.15, 0.2) is 0 Å². The lowest BCUT2D eigenvalue weighted by molar-refractivity contribution is -0.149. The van der Waals surface area contributed by atoms with Crippen molar-refractivity contribution in [3.8, 4) is 5.75 Å². The molecule has 8 heteroatoms. The number of nitrogens with one attached hydrogen (secondary N) is 1. The van der Waals surface area contributed by atoms with Gasteiger partial charge < -0.3 is 19.6 Å². The van der Waals surface area contributed by atoms with Gasteiger partial charge in [0.05, 0.1) is 17.3 Å². The van der Waals surface area contributed by atoms with Gasteiger partial charge in [0.2, 0.25) is 0 Å². The highest BCUT2D eigenvalue weighted by atomic mass is 127. The maximum Gasteiger partial charge on any atom is 0.290 e. The van der Waals surface area contributed by atoms with Crippen LogP contribution in [0, 0.1) is 3.57 Å². The molecule has 1 heterocycles. The number of amides is 1. The van der Waals surface area contributed by atoms with Crippen molar-refractivity contribution in [1.82, 2.24) is 10.3 Å². The highest BCUT2D eigenvalue weighted by Gasteiger charge is 2.26. The SMILES string of the molecule is CO/N=C/C(C)(C)NC(=O)C(OC)Oc1ccc2ncc(I)cc2c1. The topological polar surface area (TPSA) is 82.0 Å². The van der Waals surface area contributed by atoms with Crippen molar-refractivity contribution < 1.29 is 19.1 Å². The summed E-state index contributed by atoms with van der Waals surface area (Å²) in [7, 11) is 2.84. The number of carbonyl (C=O) groups is 1. The summed E-state index contributed by atoms with van der Waals surface area (Å²) in [6, 6.07) is 7.39. The Morgan fingerprint density at radius 2 is 2.12 bits per heavy atom. The molecule has 0 saturated heterocycles. The van der Waals surface area contributed by atoms with Gasteiger partial charge in [0.1, 0.15) is 12.9 Å². The fraction of sp³-hybridized carbons (Fsp3) is 0.353. The normalized spacial score (nSPS) is 13.0. The summed E-state index contributed by atoms with van der Waals surface area (Å²) in [6.45, 7) is 3.56. The van der Waals surface area contributed by atoms with Crippen LogP contribution in [-0.4, -0.2) is 43.2 Å². The first-order valence-corrected chi connectivity index (χ1v) is 8.57. The second kappa shape index (κ2) is 8.43. The maximum absolute atomic E-state index is 12.4. The first kappa shape index (κ1) is 19.4. The summed E-state index contributed by atoms with van der Waals surface area (Å²) < 4.78 is 11.9. The minimum absolute atomic E-state index is 0.420. The van der Waals surface area contributed by atoms with Crippen molar-refractivity contribution in [3.63, 3.8) is 0 Å². The Morgan fingerprint density at radius 1 is 1.36 bits per heavy atom. The Bertz CT molecular complexity index is 780. The minimum Gasteiger partial charge on any atom is -0.455 e. The average molecular weight is 457 g/mol. The first-order chi connectivity index (χ1) is 11.8. The summed E-state index contributed by atoms with van der Waals surface area (Å²) in [4.78, 5) is 21.4. The molecule has 0 aliphatic rings. The highest BCUT2D eigenvalue weighted by Crippen LogP contribution is 2.22. The Balaban J connectivity index is 2.13. The number of rotatable bonds is 7. The van der Waals surface area contributed by atoms with Gasteiger partial charge in [-0.25, -0.2) is 0 Å². The predicted molar refractivity (Wildman–Crippen MR) is 104 cm³/mol. The molecule has 134 valence electrons. The molecule has 0 fully saturated rings. The Hall–Kier alpha value is -1.94. The molecule has 1 aromatic heterocycles. The van der Waals surface area contributed by atoms with Crippen molar-refractivity contribution in [3.05, 3.63) is 34.0 Å². The third-order valence-corrected chi connectivity index (χ3v) is 3.81. The molecule has 0 bridgehead atoms. The van der Waals surface area contributed by atoms with Crippen LogP contribution in [0.15, 0.2) is 35.6 Å². The third-order valence-electron chi connectivity index (χ3n) is 3.22. The molecular weight excluding hydrogens is 437 g/mol. The molecule has 1 amide bonds. The van der Waals surface area contributed by atoms with Crippen LogP contribution in [0.3, 0.4) is 0 Å². The van der Waals surface area contributed by atoms with Gasteiger partial charge in [-0.2, -0.15) is 0 Å². The van der Waals surface area contributed by atoms with Gasteiger partial charge in [0, 0.05) is 22.3 Å². The number of ether oxygens (including phenoxy) is 2. The molecule has 0 spiro atoms. The second-order valence-electron chi connectivity index (χ2n) is 5.82. The monoisotopic (exact) mass is 457 g/mol. The predicted octanol–water partition coefficient (Wildman–Crippen LogP) is 2.72. The number of pyridine rings is 1. The lowest BCUT2D eigenvalue weighted by atomic mass is 10.1. The number of oxime groups is 1. The quantitative estimate of drug-likeness (QED) is 0.299. The van der Waals surface area contributed by atoms with Crippen LogP contribution in [0.2, 0.25) is 0 Å². The van der Waals surface area contributed by atoms with Gasteiger partial charge in [-0.15, -0.1) is 0 Å². The zero-order valence-corrected chi connectivity index (χ0v) is 16.6. The number of halogens is 1. The van der Waals surface area contributed by atoms with E-state index in [2.05, 4.69) is 42.9 Å². The molecule has 1 N–H and O–H groups in total. The Morgan fingerprint density at radius 3 is 2.80 bits per heavy atom. The number of hydrogen-bond acceptors (Lipinski definition) is 6. The molecule has 0 aliphatic carbocycles. The van der Waals surface area contributed by atoms with E-state index < -0.39 is 17.7 Å². The van der Waals surface area contributed by atoms with Crippen molar-refractivity contribution in [1.29, 1.82) is 0 Å². The van der Waals surface area contributed by atoms with Crippen LogP contribution < -0.4 is 10.1 Å². The van der Waals surface area contributed by atoms with Crippen LogP contribution in [-0.2, 0) is 14.4 Å². The van der Waals surface area contributed by atoms with E-state index in [1.54, 1.807) is 26.1 Å². The van der Waals surface area contributed by atoms with Crippen molar-refractivity contribution in [2.75, 3.05) is 14.2 Å². The second-order valence-corrected chi connectivity index (χ2v) is 7.07. The van der Waals surface area contributed by atoms with Crippen LogP contribution in [0.4, 0.5) is 0 Å². The zero-order valence-electron chi connectivity index (χ0n) is 14.4. The fourth-order valence-corrected chi connectivity index (χ4v) is 2.56. The fourth-order valence-electron chi connectivity index (χ4n) is 2.08. The smallest absolute Gasteiger partial charge is 0.290 e. The number of fused-ring (bicyclic) bond motifs is 1. The lowest BCUT2D eigenvalue weighted by Gasteiger charge is -2.24. The number of methoxy groups -OCH3 is 1. The number of aromatic nitrogens is 1. The number of hydrogen-bond donors (Lipinski definition) is 1. The molecule has 0 saturated carbocycles. The van der Waals surface area contributed by atoms with Crippen LogP contribution in [0.5, 0.6) is 5.75 Å². The standard InChI is InChI=1S/C17H20IN3O4/c1-17(2,10-20-24-4)21-15(22)16(23-3)25-13-5-6-14-11(8-13)7-12(18)9-19-14/h5-10,16H,1-4H3,(H,21,22)/b20-10+. The van der Waals surface area contributed by atoms with E-state index in [0.29, 0.717) is 5.75 Å². The molecule has 1 unspecified atom stereocenters. The third kappa shape index (κ3) is 5.53. The van der Waals surface area contributed by atoms with E-state index in [1.807, 2.05) is 18.2 Å². The van der Waals surface area contributed by atoms with E-state index in [-0.39, 0.29) is 0 Å². The van der Waals surface area contributed by atoms with Crippen molar-refractivity contribution >= 4 is 45.6 Å². The number of benzene rings is 1. The molecule has 2 rings (SSSR count). The van der Waals surface area contributed by atoms with Crippen LogP contribution in [0.25, 0.3) is 10.9 Å². The van der Waals surface area contributed by atoms with E-state index >= 15 is 0 Å². The molecule has 2 aromatic rings. The van der Waals surface area contributed by atoms with E-state index in [4.69, 9.17) is 9.47 Å². The molecular formula is C17H20IN3O4. The summed E-state index contributed by atoms with van der Waals surface area (Å²) in [5.74, 6) is 0.0950. The minimum atomic E-state index is -1.09. The largest absolute Gasteiger partial charge is 0.455 e. The Kier molecular flexibility index (Phi) is 6.54. The van der Waals surface area contributed by atoms with E-state index in [0.717, 1.165) is 14.5 Å². The molecule has 0 radical (unpaired) electrons. The lowest BCUT2D eigenvalue weighted by Crippen LogP contribution is -2.51. The van der Waals surface area contributed by atoms with Crippen molar-refractivity contribution in [2.24, 2.45) is 5.16 Å². The summed E-state index contributed by atoms with van der Waals surface area (Å²) in [5.41, 5.74) is 0.138. The van der Waals surface area contributed by atoms with Crippen molar-refractivity contribution in [2.45, 2.75) is 25.7 Å². The average Bonchev–Trinajstić information content (AvgIpc) is 2.57. The first-order valence-electron chi connectivity index (χ1n) is 7.49.